The minimum Gasteiger partial charge on any atom is -0.307 e. The van der Waals surface area contributed by atoms with Gasteiger partial charge in [-0.05, 0) is 12.1 Å². The summed E-state index contributed by atoms with van der Waals surface area (Å²) in [5.41, 5.74) is 0.00293. The number of nitrogens with one attached hydrogen (secondary N) is 2. The Morgan fingerprint density at radius 2 is 2.12 bits per heavy atom. The molecule has 0 fully saturated rings. The number of aromatic amines is 1. The summed E-state index contributed by atoms with van der Waals surface area (Å²) < 4.78 is 13.2. The molecule has 0 aliphatic rings. The summed E-state index contributed by atoms with van der Waals surface area (Å²) in [5, 5.41) is 8.61. The number of anilines is 1. The number of amides is 1. The molecule has 4 nitrogen and oxygen atoms in total. The van der Waals surface area contributed by atoms with Gasteiger partial charge in [0.1, 0.15) is 11.6 Å². The maximum Gasteiger partial charge on any atom is 0.258 e. The van der Waals surface area contributed by atoms with E-state index in [0.29, 0.717) is 5.82 Å². The maximum absolute atomic E-state index is 13.2. The standard InChI is InChI=1S/C10H6Cl2FN3O/c11-6-4-7(12)8(13)3-5(6)10(17)15-9-1-2-14-16-9/h1-4H,(H2,14,15,16,17). The van der Waals surface area contributed by atoms with E-state index in [1.165, 1.54) is 12.3 Å². The number of halogens is 3. The normalized spacial score (nSPS) is 10.3. The lowest BCUT2D eigenvalue weighted by Crippen LogP contribution is -2.13. The number of aromatic nitrogens is 2. The lowest BCUT2D eigenvalue weighted by atomic mass is 10.2. The highest BCUT2D eigenvalue weighted by molar-refractivity contribution is 6.37. The molecule has 1 amide bonds. The molecule has 88 valence electrons. The van der Waals surface area contributed by atoms with E-state index in [-0.39, 0.29) is 15.6 Å². The van der Waals surface area contributed by atoms with E-state index in [9.17, 15) is 9.18 Å². The molecule has 0 unspecified atom stereocenters. The van der Waals surface area contributed by atoms with Crippen molar-refractivity contribution in [2.45, 2.75) is 0 Å². The van der Waals surface area contributed by atoms with Crippen molar-refractivity contribution in [1.82, 2.24) is 10.2 Å². The Morgan fingerprint density at radius 3 is 2.76 bits per heavy atom. The van der Waals surface area contributed by atoms with Gasteiger partial charge in [0, 0.05) is 6.07 Å². The number of hydrogen-bond donors (Lipinski definition) is 2. The predicted molar refractivity (Wildman–Crippen MR) is 63.0 cm³/mol. The summed E-state index contributed by atoms with van der Waals surface area (Å²) in [5.74, 6) is -0.859. The first-order valence-corrected chi connectivity index (χ1v) is 5.29. The number of hydrogen-bond acceptors (Lipinski definition) is 2. The average molecular weight is 274 g/mol. The summed E-state index contributed by atoms with van der Waals surface area (Å²) in [6.07, 6.45) is 1.47. The van der Waals surface area contributed by atoms with Gasteiger partial charge in [0.2, 0.25) is 0 Å². The summed E-state index contributed by atoms with van der Waals surface area (Å²) in [7, 11) is 0. The van der Waals surface area contributed by atoms with Crippen LogP contribution < -0.4 is 5.32 Å². The average Bonchev–Trinajstić information content (AvgIpc) is 2.76. The summed E-state index contributed by atoms with van der Waals surface area (Å²) in [6, 6.07) is 3.72. The number of H-pyrrole nitrogens is 1. The van der Waals surface area contributed by atoms with Crippen LogP contribution in [0.25, 0.3) is 0 Å². The molecule has 2 aromatic rings. The van der Waals surface area contributed by atoms with E-state index in [2.05, 4.69) is 15.5 Å². The van der Waals surface area contributed by atoms with Gasteiger partial charge in [-0.25, -0.2) is 4.39 Å². The van der Waals surface area contributed by atoms with Crippen LogP contribution in [-0.2, 0) is 0 Å². The second-order valence-corrected chi connectivity index (χ2v) is 3.99. The molecule has 0 aliphatic heterocycles. The highest BCUT2D eigenvalue weighted by Gasteiger charge is 2.14. The van der Waals surface area contributed by atoms with Crippen LogP contribution in [0.2, 0.25) is 10.0 Å². The number of rotatable bonds is 2. The third kappa shape index (κ3) is 2.57. The Balaban J connectivity index is 2.28. The van der Waals surface area contributed by atoms with E-state index >= 15 is 0 Å². The summed E-state index contributed by atoms with van der Waals surface area (Å²) in [6.45, 7) is 0. The van der Waals surface area contributed by atoms with E-state index in [1.54, 1.807) is 6.07 Å². The van der Waals surface area contributed by atoms with Crippen LogP contribution in [0.15, 0.2) is 24.4 Å². The van der Waals surface area contributed by atoms with Crippen LogP contribution in [0.3, 0.4) is 0 Å². The van der Waals surface area contributed by atoms with Crippen molar-refractivity contribution in [3.8, 4) is 0 Å². The zero-order valence-corrected chi connectivity index (χ0v) is 9.81. The van der Waals surface area contributed by atoms with Gasteiger partial charge in [-0.15, -0.1) is 0 Å². The number of nitrogens with zero attached hydrogens (tertiary/aromatic N) is 1. The van der Waals surface area contributed by atoms with Crippen LogP contribution >= 0.6 is 23.2 Å². The van der Waals surface area contributed by atoms with Gasteiger partial charge in [0.05, 0.1) is 21.8 Å². The molecule has 7 heteroatoms. The molecule has 1 aromatic carbocycles. The fraction of sp³-hybridized carbons (Fsp3) is 0. The zero-order valence-electron chi connectivity index (χ0n) is 8.30. The SMILES string of the molecule is O=C(Nc1ccn[nH]1)c1cc(F)c(Cl)cc1Cl. The fourth-order valence-electron chi connectivity index (χ4n) is 1.21. The van der Waals surface area contributed by atoms with Crippen LogP contribution in [0.5, 0.6) is 0 Å². The molecule has 0 atom stereocenters. The summed E-state index contributed by atoms with van der Waals surface area (Å²) in [4.78, 5) is 11.7. The first-order chi connectivity index (χ1) is 8.08. The van der Waals surface area contributed by atoms with Crippen molar-refractivity contribution in [2.75, 3.05) is 5.32 Å². The third-order valence-corrected chi connectivity index (χ3v) is 2.61. The second-order valence-electron chi connectivity index (χ2n) is 3.17. The molecule has 1 aromatic heterocycles. The highest BCUT2D eigenvalue weighted by atomic mass is 35.5. The molecule has 2 rings (SSSR count). The lowest BCUT2D eigenvalue weighted by Gasteiger charge is -2.05. The van der Waals surface area contributed by atoms with E-state index in [0.717, 1.165) is 6.07 Å². The minimum atomic E-state index is -0.703. The molecule has 0 aliphatic carbocycles. The van der Waals surface area contributed by atoms with Crippen LogP contribution in [0.1, 0.15) is 10.4 Å². The molecule has 0 saturated heterocycles. The van der Waals surface area contributed by atoms with Gasteiger partial charge in [-0.3, -0.25) is 9.89 Å². The third-order valence-electron chi connectivity index (χ3n) is 2.00. The number of benzene rings is 1. The smallest absolute Gasteiger partial charge is 0.258 e. The fourth-order valence-corrected chi connectivity index (χ4v) is 1.68. The Kier molecular flexibility index (Phi) is 3.31. The highest BCUT2D eigenvalue weighted by Crippen LogP contribution is 2.24. The molecular weight excluding hydrogens is 268 g/mol. The van der Waals surface area contributed by atoms with Crippen molar-refractivity contribution in [3.05, 3.63) is 45.8 Å². The predicted octanol–water partition coefficient (Wildman–Crippen LogP) is 3.11. The Hall–Kier alpha value is -1.59. The molecule has 0 spiro atoms. The molecule has 0 radical (unpaired) electrons. The molecule has 1 heterocycles. The van der Waals surface area contributed by atoms with Crippen LogP contribution in [0.4, 0.5) is 10.2 Å². The van der Waals surface area contributed by atoms with Gasteiger partial charge in [0.15, 0.2) is 0 Å². The van der Waals surface area contributed by atoms with Crippen molar-refractivity contribution < 1.29 is 9.18 Å². The van der Waals surface area contributed by atoms with Crippen molar-refractivity contribution in [2.24, 2.45) is 0 Å². The molecule has 0 bridgehead atoms. The van der Waals surface area contributed by atoms with Crippen LogP contribution in [0, 0.1) is 5.82 Å². The van der Waals surface area contributed by atoms with Crippen LogP contribution in [-0.4, -0.2) is 16.1 Å². The molecule has 2 N–H and O–H groups in total. The summed E-state index contributed by atoms with van der Waals surface area (Å²) >= 11 is 11.3. The molecular formula is C10H6Cl2FN3O. The first kappa shape index (κ1) is 11.9. The minimum absolute atomic E-state index is 0.00293. The van der Waals surface area contributed by atoms with Gasteiger partial charge >= 0.3 is 0 Å². The molecule has 0 saturated carbocycles. The monoisotopic (exact) mass is 273 g/mol. The van der Waals surface area contributed by atoms with Crippen molar-refractivity contribution in [3.63, 3.8) is 0 Å². The van der Waals surface area contributed by atoms with Crippen molar-refractivity contribution >= 4 is 34.9 Å². The lowest BCUT2D eigenvalue weighted by molar-refractivity contribution is 0.102. The van der Waals surface area contributed by atoms with Gasteiger partial charge in [-0.2, -0.15) is 5.10 Å². The van der Waals surface area contributed by atoms with Gasteiger partial charge in [-0.1, -0.05) is 23.2 Å². The largest absolute Gasteiger partial charge is 0.307 e. The number of carbonyl (C=O) groups excluding carboxylic acids is 1. The van der Waals surface area contributed by atoms with E-state index in [4.69, 9.17) is 23.2 Å². The quantitative estimate of drug-likeness (QED) is 0.826. The Morgan fingerprint density at radius 1 is 1.35 bits per heavy atom. The first-order valence-electron chi connectivity index (χ1n) is 4.53. The van der Waals surface area contributed by atoms with E-state index in [1.807, 2.05) is 0 Å². The van der Waals surface area contributed by atoms with Crippen molar-refractivity contribution in [1.29, 1.82) is 0 Å². The zero-order chi connectivity index (χ0) is 12.4. The maximum atomic E-state index is 13.2. The Labute approximate surface area is 106 Å². The topological polar surface area (TPSA) is 57.8 Å². The molecule has 17 heavy (non-hydrogen) atoms. The van der Waals surface area contributed by atoms with Gasteiger partial charge < -0.3 is 5.32 Å². The Bertz CT molecular complexity index is 557. The number of carbonyl (C=O) groups is 1. The van der Waals surface area contributed by atoms with Gasteiger partial charge in [0.25, 0.3) is 5.91 Å². The van der Waals surface area contributed by atoms with E-state index < -0.39 is 11.7 Å². The second kappa shape index (κ2) is 4.73.